The molecule has 0 spiro atoms. The van der Waals surface area contributed by atoms with E-state index in [-0.39, 0.29) is 10.7 Å². The highest BCUT2D eigenvalue weighted by atomic mass is 32.2. The molecule has 22 heavy (non-hydrogen) atoms. The first-order valence-corrected chi connectivity index (χ1v) is 8.72. The lowest BCUT2D eigenvalue weighted by atomic mass is 10.2. The Bertz CT molecular complexity index is 714. The molecular formula is C16H18FNO3S. The molecule has 0 saturated carbocycles. The monoisotopic (exact) mass is 323 g/mol. The van der Waals surface area contributed by atoms with Crippen molar-refractivity contribution in [3.05, 3.63) is 59.9 Å². The third-order valence-electron chi connectivity index (χ3n) is 3.02. The van der Waals surface area contributed by atoms with E-state index in [0.29, 0.717) is 25.4 Å². The van der Waals surface area contributed by atoms with Gasteiger partial charge in [-0.1, -0.05) is 12.1 Å². The van der Waals surface area contributed by atoms with Gasteiger partial charge in [-0.2, -0.15) is 0 Å². The number of hydrogen-bond donors (Lipinski definition) is 1. The van der Waals surface area contributed by atoms with Crippen molar-refractivity contribution in [3.8, 4) is 5.75 Å². The second kappa shape index (κ2) is 7.38. The van der Waals surface area contributed by atoms with Crippen molar-refractivity contribution < 1.29 is 17.5 Å². The SMILES string of the molecule is CS(=O)(=O)c1ccc(OCCNCc2cccc(F)c2)cc1. The molecule has 2 aromatic rings. The summed E-state index contributed by atoms with van der Waals surface area (Å²) in [5, 5.41) is 3.15. The highest BCUT2D eigenvalue weighted by Crippen LogP contribution is 2.15. The van der Waals surface area contributed by atoms with Crippen LogP contribution in [0.1, 0.15) is 5.56 Å². The summed E-state index contributed by atoms with van der Waals surface area (Å²) < 4.78 is 41.1. The minimum Gasteiger partial charge on any atom is -0.492 e. The lowest BCUT2D eigenvalue weighted by Gasteiger charge is -2.08. The molecular weight excluding hydrogens is 305 g/mol. The van der Waals surface area contributed by atoms with Gasteiger partial charge in [0, 0.05) is 19.3 Å². The second-order valence-electron chi connectivity index (χ2n) is 4.90. The molecule has 2 rings (SSSR count). The van der Waals surface area contributed by atoms with E-state index in [2.05, 4.69) is 5.32 Å². The summed E-state index contributed by atoms with van der Waals surface area (Å²) in [5.41, 5.74) is 0.873. The van der Waals surface area contributed by atoms with Gasteiger partial charge < -0.3 is 10.1 Å². The van der Waals surface area contributed by atoms with Crippen molar-refractivity contribution in [1.82, 2.24) is 5.32 Å². The molecule has 0 fully saturated rings. The molecule has 0 atom stereocenters. The summed E-state index contributed by atoms with van der Waals surface area (Å²) in [6.45, 7) is 1.60. The van der Waals surface area contributed by atoms with Crippen molar-refractivity contribution >= 4 is 9.84 Å². The van der Waals surface area contributed by atoms with Gasteiger partial charge >= 0.3 is 0 Å². The van der Waals surface area contributed by atoms with Crippen LogP contribution in [0.25, 0.3) is 0 Å². The maximum Gasteiger partial charge on any atom is 0.175 e. The van der Waals surface area contributed by atoms with Gasteiger partial charge in [0.2, 0.25) is 0 Å². The molecule has 1 N–H and O–H groups in total. The van der Waals surface area contributed by atoms with Crippen LogP contribution >= 0.6 is 0 Å². The molecule has 118 valence electrons. The topological polar surface area (TPSA) is 55.4 Å². The summed E-state index contributed by atoms with van der Waals surface area (Å²) in [7, 11) is -3.18. The minimum atomic E-state index is -3.18. The normalized spacial score (nSPS) is 11.4. The van der Waals surface area contributed by atoms with E-state index in [1.54, 1.807) is 18.2 Å². The fourth-order valence-electron chi connectivity index (χ4n) is 1.90. The first-order valence-electron chi connectivity index (χ1n) is 6.83. The number of ether oxygens (including phenoxy) is 1. The first-order chi connectivity index (χ1) is 10.4. The molecule has 0 radical (unpaired) electrons. The molecule has 0 saturated heterocycles. The third kappa shape index (κ3) is 5.13. The average molecular weight is 323 g/mol. The highest BCUT2D eigenvalue weighted by molar-refractivity contribution is 7.90. The van der Waals surface area contributed by atoms with Crippen LogP contribution in [0, 0.1) is 5.82 Å². The molecule has 0 aliphatic heterocycles. The zero-order valence-electron chi connectivity index (χ0n) is 12.3. The Balaban J connectivity index is 1.73. The minimum absolute atomic E-state index is 0.249. The van der Waals surface area contributed by atoms with Crippen LogP contribution in [-0.4, -0.2) is 27.8 Å². The summed E-state index contributed by atoms with van der Waals surface area (Å²) in [6, 6.07) is 12.7. The number of sulfone groups is 1. The molecule has 4 nitrogen and oxygen atoms in total. The quantitative estimate of drug-likeness (QED) is 0.795. The van der Waals surface area contributed by atoms with Crippen molar-refractivity contribution in [2.24, 2.45) is 0 Å². The largest absolute Gasteiger partial charge is 0.492 e. The number of benzene rings is 2. The van der Waals surface area contributed by atoms with Gasteiger partial charge in [0.25, 0.3) is 0 Å². The van der Waals surface area contributed by atoms with Gasteiger partial charge in [-0.15, -0.1) is 0 Å². The van der Waals surface area contributed by atoms with Crippen LogP contribution in [-0.2, 0) is 16.4 Å². The molecule has 0 bridgehead atoms. The molecule has 2 aromatic carbocycles. The number of halogens is 1. The van der Waals surface area contributed by atoms with Gasteiger partial charge in [-0.25, -0.2) is 12.8 Å². The van der Waals surface area contributed by atoms with Crippen molar-refractivity contribution in [2.75, 3.05) is 19.4 Å². The van der Waals surface area contributed by atoms with E-state index in [0.717, 1.165) is 5.56 Å². The predicted molar refractivity (Wildman–Crippen MR) is 83.2 cm³/mol. The van der Waals surface area contributed by atoms with E-state index in [1.165, 1.54) is 30.5 Å². The lowest BCUT2D eigenvalue weighted by molar-refractivity contribution is 0.313. The molecule has 0 aliphatic carbocycles. The number of rotatable bonds is 7. The molecule has 0 amide bonds. The Kier molecular flexibility index (Phi) is 5.51. The first kappa shape index (κ1) is 16.5. The molecule has 6 heteroatoms. The Morgan fingerprint density at radius 3 is 2.50 bits per heavy atom. The van der Waals surface area contributed by atoms with Gasteiger partial charge in [-0.3, -0.25) is 0 Å². The Morgan fingerprint density at radius 2 is 1.86 bits per heavy atom. The van der Waals surface area contributed by atoms with Gasteiger partial charge in [0.05, 0.1) is 4.90 Å². The Morgan fingerprint density at radius 1 is 1.14 bits per heavy atom. The summed E-state index contributed by atoms with van der Waals surface area (Å²) in [6.07, 6.45) is 1.17. The number of hydrogen-bond acceptors (Lipinski definition) is 4. The van der Waals surface area contributed by atoms with Gasteiger partial charge in [0.1, 0.15) is 18.2 Å². The van der Waals surface area contributed by atoms with E-state index in [4.69, 9.17) is 4.74 Å². The van der Waals surface area contributed by atoms with E-state index in [1.807, 2.05) is 6.07 Å². The summed E-state index contributed by atoms with van der Waals surface area (Å²) >= 11 is 0. The van der Waals surface area contributed by atoms with Gasteiger partial charge in [-0.05, 0) is 42.0 Å². The second-order valence-corrected chi connectivity index (χ2v) is 6.91. The molecule has 0 unspecified atom stereocenters. The van der Waals surface area contributed by atoms with Crippen LogP contribution in [0.15, 0.2) is 53.4 Å². The van der Waals surface area contributed by atoms with Crippen LogP contribution in [0.2, 0.25) is 0 Å². The van der Waals surface area contributed by atoms with Crippen LogP contribution in [0.4, 0.5) is 4.39 Å². The smallest absolute Gasteiger partial charge is 0.175 e. The fourth-order valence-corrected chi connectivity index (χ4v) is 2.53. The fraction of sp³-hybridized carbons (Fsp3) is 0.250. The molecule has 0 heterocycles. The van der Waals surface area contributed by atoms with Crippen LogP contribution in [0.3, 0.4) is 0 Å². The maximum atomic E-state index is 13.0. The van der Waals surface area contributed by atoms with Crippen molar-refractivity contribution in [2.45, 2.75) is 11.4 Å². The van der Waals surface area contributed by atoms with E-state index >= 15 is 0 Å². The lowest BCUT2D eigenvalue weighted by Crippen LogP contribution is -2.20. The zero-order chi connectivity index (χ0) is 16.0. The summed E-state index contributed by atoms with van der Waals surface area (Å²) in [4.78, 5) is 0.268. The Labute approximate surface area is 129 Å². The summed E-state index contributed by atoms with van der Waals surface area (Å²) in [5.74, 6) is 0.362. The predicted octanol–water partition coefficient (Wildman–Crippen LogP) is 2.40. The maximum absolute atomic E-state index is 13.0. The van der Waals surface area contributed by atoms with Crippen LogP contribution in [0.5, 0.6) is 5.75 Å². The highest BCUT2D eigenvalue weighted by Gasteiger charge is 2.06. The van der Waals surface area contributed by atoms with E-state index in [9.17, 15) is 12.8 Å². The molecule has 0 aromatic heterocycles. The standard InChI is InChI=1S/C16H18FNO3S/c1-22(19,20)16-7-5-15(6-8-16)21-10-9-18-12-13-3-2-4-14(17)11-13/h2-8,11,18H,9-10,12H2,1H3. The average Bonchev–Trinajstić information content (AvgIpc) is 2.46. The molecule has 0 aliphatic rings. The Hall–Kier alpha value is -1.92. The van der Waals surface area contributed by atoms with E-state index < -0.39 is 9.84 Å². The van der Waals surface area contributed by atoms with Crippen molar-refractivity contribution in [3.63, 3.8) is 0 Å². The van der Waals surface area contributed by atoms with Crippen molar-refractivity contribution in [1.29, 1.82) is 0 Å². The number of nitrogens with one attached hydrogen (secondary N) is 1. The van der Waals surface area contributed by atoms with Gasteiger partial charge in [0.15, 0.2) is 9.84 Å². The zero-order valence-corrected chi connectivity index (χ0v) is 13.1. The van der Waals surface area contributed by atoms with Crippen LogP contribution < -0.4 is 10.1 Å². The third-order valence-corrected chi connectivity index (χ3v) is 4.15.